The van der Waals surface area contributed by atoms with Gasteiger partial charge in [0.2, 0.25) is 0 Å². The van der Waals surface area contributed by atoms with Crippen LogP contribution < -0.4 is 0 Å². The molecular formula is C12H22N2O4. The molecule has 0 spiro atoms. The summed E-state index contributed by atoms with van der Waals surface area (Å²) < 4.78 is 15.8. The lowest BCUT2D eigenvalue weighted by atomic mass is 10.3. The highest BCUT2D eigenvalue weighted by Crippen LogP contribution is 2.10. The normalized spacial score (nSPS) is 22.4. The highest BCUT2D eigenvalue weighted by molar-refractivity contribution is 5.67. The van der Waals surface area contributed by atoms with E-state index in [0.717, 1.165) is 39.1 Å². The van der Waals surface area contributed by atoms with Crippen LogP contribution in [0.25, 0.3) is 0 Å². The van der Waals surface area contributed by atoms with Gasteiger partial charge in [-0.3, -0.25) is 4.90 Å². The van der Waals surface area contributed by atoms with E-state index in [9.17, 15) is 4.79 Å². The second-order valence-corrected chi connectivity index (χ2v) is 4.49. The molecule has 2 aliphatic rings. The molecule has 2 fully saturated rings. The van der Waals surface area contributed by atoms with Gasteiger partial charge in [-0.05, 0) is 6.92 Å². The van der Waals surface area contributed by atoms with Gasteiger partial charge in [0.1, 0.15) is 0 Å². The number of hydrogen-bond acceptors (Lipinski definition) is 5. The van der Waals surface area contributed by atoms with E-state index in [1.807, 2.05) is 6.92 Å². The van der Waals surface area contributed by atoms with Crippen molar-refractivity contribution in [2.45, 2.75) is 19.6 Å². The Morgan fingerprint density at radius 1 is 1.22 bits per heavy atom. The van der Waals surface area contributed by atoms with E-state index >= 15 is 0 Å². The molecule has 0 atom stereocenters. The summed E-state index contributed by atoms with van der Waals surface area (Å²) in [6.07, 6.45) is 0.673. The molecule has 2 rings (SSSR count). The van der Waals surface area contributed by atoms with Crippen LogP contribution >= 0.6 is 0 Å². The molecule has 104 valence electrons. The second kappa shape index (κ2) is 6.92. The molecule has 0 N–H and O–H groups in total. The summed E-state index contributed by atoms with van der Waals surface area (Å²) in [7, 11) is 0. The summed E-state index contributed by atoms with van der Waals surface area (Å²) in [6, 6.07) is 0. The van der Waals surface area contributed by atoms with Crippen LogP contribution in [0, 0.1) is 0 Å². The summed E-state index contributed by atoms with van der Waals surface area (Å²) in [6.45, 7) is 7.92. The van der Waals surface area contributed by atoms with E-state index in [-0.39, 0.29) is 12.4 Å². The van der Waals surface area contributed by atoms with E-state index in [1.54, 1.807) is 4.90 Å². The minimum Gasteiger partial charge on any atom is -0.450 e. The van der Waals surface area contributed by atoms with Gasteiger partial charge in [-0.25, -0.2) is 4.79 Å². The smallest absolute Gasteiger partial charge is 0.409 e. The molecule has 0 aromatic carbocycles. The summed E-state index contributed by atoms with van der Waals surface area (Å²) in [5, 5.41) is 0. The number of ether oxygens (including phenoxy) is 3. The van der Waals surface area contributed by atoms with E-state index in [0.29, 0.717) is 19.8 Å². The molecule has 18 heavy (non-hydrogen) atoms. The summed E-state index contributed by atoms with van der Waals surface area (Å²) in [5.74, 6) is 0. The van der Waals surface area contributed by atoms with Crippen LogP contribution in [0.1, 0.15) is 13.3 Å². The predicted molar refractivity (Wildman–Crippen MR) is 65.3 cm³/mol. The third kappa shape index (κ3) is 3.83. The first kappa shape index (κ1) is 13.6. The van der Waals surface area contributed by atoms with Gasteiger partial charge >= 0.3 is 6.09 Å². The molecule has 0 aromatic heterocycles. The topological polar surface area (TPSA) is 51.2 Å². The van der Waals surface area contributed by atoms with Crippen LogP contribution in [-0.4, -0.2) is 74.7 Å². The zero-order valence-corrected chi connectivity index (χ0v) is 11.0. The average Bonchev–Trinajstić information content (AvgIpc) is 2.90. The Hall–Kier alpha value is -0.850. The molecule has 6 heteroatoms. The Morgan fingerprint density at radius 2 is 1.89 bits per heavy atom. The number of piperazine rings is 1. The maximum absolute atomic E-state index is 11.5. The molecule has 1 amide bonds. The zero-order chi connectivity index (χ0) is 12.8. The minimum absolute atomic E-state index is 0.0342. The van der Waals surface area contributed by atoms with Gasteiger partial charge in [0.05, 0.1) is 19.8 Å². The molecule has 0 aromatic rings. The Kier molecular flexibility index (Phi) is 5.22. The fourth-order valence-electron chi connectivity index (χ4n) is 2.23. The Bertz CT molecular complexity index is 261. The van der Waals surface area contributed by atoms with Crippen molar-refractivity contribution in [1.29, 1.82) is 0 Å². The van der Waals surface area contributed by atoms with E-state index in [4.69, 9.17) is 14.2 Å². The monoisotopic (exact) mass is 258 g/mol. The van der Waals surface area contributed by atoms with Crippen LogP contribution in [0.2, 0.25) is 0 Å². The van der Waals surface area contributed by atoms with Gasteiger partial charge in [0.15, 0.2) is 6.29 Å². The van der Waals surface area contributed by atoms with Crippen molar-refractivity contribution in [2.75, 3.05) is 52.5 Å². The van der Waals surface area contributed by atoms with Gasteiger partial charge < -0.3 is 19.1 Å². The van der Waals surface area contributed by atoms with Gasteiger partial charge in [-0.1, -0.05) is 0 Å². The molecule has 6 nitrogen and oxygen atoms in total. The maximum Gasteiger partial charge on any atom is 0.409 e. The van der Waals surface area contributed by atoms with Gasteiger partial charge in [0.25, 0.3) is 0 Å². The van der Waals surface area contributed by atoms with Crippen LogP contribution in [0.5, 0.6) is 0 Å². The van der Waals surface area contributed by atoms with Crippen LogP contribution in [-0.2, 0) is 14.2 Å². The van der Waals surface area contributed by atoms with Crippen molar-refractivity contribution >= 4 is 6.09 Å². The number of rotatable bonds is 4. The van der Waals surface area contributed by atoms with Crippen molar-refractivity contribution in [3.8, 4) is 0 Å². The van der Waals surface area contributed by atoms with Crippen molar-refractivity contribution < 1.29 is 19.0 Å². The van der Waals surface area contributed by atoms with Gasteiger partial charge in [0, 0.05) is 39.1 Å². The quantitative estimate of drug-likeness (QED) is 0.736. The average molecular weight is 258 g/mol. The molecular weight excluding hydrogens is 236 g/mol. The number of hydrogen-bond donors (Lipinski definition) is 0. The summed E-state index contributed by atoms with van der Waals surface area (Å²) >= 11 is 0. The summed E-state index contributed by atoms with van der Waals surface area (Å²) in [4.78, 5) is 15.6. The molecule has 0 aliphatic carbocycles. The van der Waals surface area contributed by atoms with Crippen LogP contribution in [0.3, 0.4) is 0 Å². The van der Waals surface area contributed by atoms with E-state index in [2.05, 4.69) is 4.90 Å². The van der Waals surface area contributed by atoms with E-state index in [1.165, 1.54) is 0 Å². The third-order valence-corrected chi connectivity index (χ3v) is 3.27. The highest BCUT2D eigenvalue weighted by atomic mass is 16.7. The predicted octanol–water partition coefficient (Wildman–Crippen LogP) is 0.524. The zero-order valence-electron chi connectivity index (χ0n) is 11.0. The first-order chi connectivity index (χ1) is 8.79. The molecule has 0 unspecified atom stereocenters. The first-order valence-electron chi connectivity index (χ1n) is 6.67. The Balaban J connectivity index is 1.62. The molecule has 2 aliphatic heterocycles. The fourth-order valence-corrected chi connectivity index (χ4v) is 2.23. The van der Waals surface area contributed by atoms with Crippen molar-refractivity contribution in [3.05, 3.63) is 0 Å². The van der Waals surface area contributed by atoms with Gasteiger partial charge in [-0.15, -0.1) is 0 Å². The highest BCUT2D eigenvalue weighted by Gasteiger charge is 2.23. The number of carbonyl (C=O) groups is 1. The van der Waals surface area contributed by atoms with Crippen molar-refractivity contribution in [1.82, 2.24) is 9.80 Å². The standard InChI is InChI=1S/C12H22N2O4/c1-2-16-12(15)14-7-5-13(6-8-14)4-3-11-17-9-10-18-11/h11H,2-10H2,1H3. The Labute approximate surface area is 108 Å². The molecule has 2 saturated heterocycles. The summed E-state index contributed by atoms with van der Waals surface area (Å²) in [5.41, 5.74) is 0. The molecule has 0 saturated carbocycles. The van der Waals surface area contributed by atoms with Crippen LogP contribution in [0.4, 0.5) is 4.79 Å². The third-order valence-electron chi connectivity index (χ3n) is 3.27. The van der Waals surface area contributed by atoms with E-state index < -0.39 is 0 Å². The maximum atomic E-state index is 11.5. The number of nitrogens with zero attached hydrogens (tertiary/aromatic N) is 2. The number of carbonyl (C=O) groups excluding carboxylic acids is 1. The largest absolute Gasteiger partial charge is 0.450 e. The lowest BCUT2D eigenvalue weighted by Crippen LogP contribution is -2.49. The first-order valence-corrected chi connectivity index (χ1v) is 6.67. The minimum atomic E-state index is -0.195. The SMILES string of the molecule is CCOC(=O)N1CCN(CCC2OCCO2)CC1. The fraction of sp³-hybridized carbons (Fsp3) is 0.917. The molecule has 0 radical (unpaired) electrons. The lowest BCUT2D eigenvalue weighted by Gasteiger charge is -2.34. The Morgan fingerprint density at radius 3 is 2.50 bits per heavy atom. The van der Waals surface area contributed by atoms with Crippen molar-refractivity contribution in [2.24, 2.45) is 0 Å². The van der Waals surface area contributed by atoms with Crippen LogP contribution in [0.15, 0.2) is 0 Å². The van der Waals surface area contributed by atoms with Gasteiger partial charge in [-0.2, -0.15) is 0 Å². The molecule has 2 heterocycles. The number of amides is 1. The second-order valence-electron chi connectivity index (χ2n) is 4.49. The van der Waals surface area contributed by atoms with Crippen molar-refractivity contribution in [3.63, 3.8) is 0 Å². The lowest BCUT2D eigenvalue weighted by molar-refractivity contribution is -0.0531. The molecule has 0 bridgehead atoms.